The van der Waals surface area contributed by atoms with Gasteiger partial charge >= 0.3 is 0 Å². The highest BCUT2D eigenvalue weighted by Crippen LogP contribution is 2.41. The molecule has 2 nitrogen and oxygen atoms in total. The second-order valence-electron chi connectivity index (χ2n) is 9.39. The molecule has 1 saturated carbocycles. The van der Waals surface area contributed by atoms with Crippen molar-refractivity contribution in [2.24, 2.45) is 0 Å². The molecular formula is C27H38O2. The van der Waals surface area contributed by atoms with Crippen molar-refractivity contribution in [3.05, 3.63) is 65.2 Å². The van der Waals surface area contributed by atoms with Gasteiger partial charge in [-0.1, -0.05) is 88.9 Å². The maximum Gasteiger partial charge on any atom is 0.123 e. The lowest BCUT2D eigenvalue weighted by Crippen LogP contribution is -2.17. The van der Waals surface area contributed by atoms with Crippen molar-refractivity contribution in [1.82, 2.24) is 0 Å². The predicted octanol–water partition coefficient (Wildman–Crippen LogP) is 7.14. The molecule has 2 unspecified atom stereocenters. The van der Waals surface area contributed by atoms with Crippen molar-refractivity contribution in [2.45, 2.75) is 96.2 Å². The largest absolute Gasteiger partial charge is 0.489 e. The SMILES string of the molecule is CCCCCCC(C)(C)c1ccc(C2CCC(O)C2)c(OCc2ccccc2)c1. The van der Waals surface area contributed by atoms with E-state index in [0.717, 1.165) is 25.0 Å². The topological polar surface area (TPSA) is 29.5 Å². The lowest BCUT2D eigenvalue weighted by molar-refractivity contribution is 0.181. The van der Waals surface area contributed by atoms with Crippen LogP contribution in [0.15, 0.2) is 48.5 Å². The lowest BCUT2D eigenvalue weighted by atomic mass is 9.79. The average Bonchev–Trinajstić information content (AvgIpc) is 3.16. The van der Waals surface area contributed by atoms with Crippen LogP contribution in [0.1, 0.15) is 94.7 Å². The van der Waals surface area contributed by atoms with Gasteiger partial charge in [-0.15, -0.1) is 0 Å². The summed E-state index contributed by atoms with van der Waals surface area (Å²) in [5.74, 6) is 1.41. The molecule has 0 radical (unpaired) electrons. The Morgan fingerprint density at radius 2 is 1.79 bits per heavy atom. The maximum atomic E-state index is 10.0. The summed E-state index contributed by atoms with van der Waals surface area (Å²) in [5, 5.41) is 10.0. The zero-order valence-corrected chi connectivity index (χ0v) is 18.5. The van der Waals surface area contributed by atoms with Crippen molar-refractivity contribution >= 4 is 0 Å². The number of aliphatic hydroxyl groups excluding tert-OH is 1. The van der Waals surface area contributed by atoms with Crippen LogP contribution in [-0.4, -0.2) is 11.2 Å². The molecule has 0 spiro atoms. The summed E-state index contributed by atoms with van der Waals surface area (Å²) in [6, 6.07) is 17.2. The predicted molar refractivity (Wildman–Crippen MR) is 122 cm³/mol. The molecule has 0 saturated heterocycles. The highest BCUT2D eigenvalue weighted by molar-refractivity contribution is 5.43. The van der Waals surface area contributed by atoms with Gasteiger partial charge in [-0.05, 0) is 59.8 Å². The Kier molecular flexibility index (Phi) is 7.77. The van der Waals surface area contributed by atoms with Gasteiger partial charge in [0.05, 0.1) is 6.10 Å². The summed E-state index contributed by atoms with van der Waals surface area (Å²) < 4.78 is 6.37. The summed E-state index contributed by atoms with van der Waals surface area (Å²) in [6.07, 6.45) is 9.01. The van der Waals surface area contributed by atoms with Gasteiger partial charge < -0.3 is 9.84 Å². The van der Waals surface area contributed by atoms with E-state index in [0.29, 0.717) is 12.5 Å². The number of unbranched alkanes of at least 4 members (excludes halogenated alkanes) is 3. The van der Waals surface area contributed by atoms with Crippen LogP contribution in [0.25, 0.3) is 0 Å². The van der Waals surface area contributed by atoms with Crippen LogP contribution in [0.3, 0.4) is 0 Å². The van der Waals surface area contributed by atoms with Gasteiger partial charge in [-0.2, -0.15) is 0 Å². The van der Waals surface area contributed by atoms with Crippen molar-refractivity contribution < 1.29 is 9.84 Å². The molecule has 1 aliphatic carbocycles. The van der Waals surface area contributed by atoms with Gasteiger partial charge in [-0.3, -0.25) is 0 Å². The van der Waals surface area contributed by atoms with Crippen molar-refractivity contribution in [3.63, 3.8) is 0 Å². The van der Waals surface area contributed by atoms with E-state index < -0.39 is 0 Å². The Hall–Kier alpha value is -1.80. The third-order valence-corrected chi connectivity index (χ3v) is 6.53. The Labute approximate surface area is 177 Å². The molecule has 2 aromatic carbocycles. The standard InChI is InChI=1S/C27H38O2/c1-4-5-6-10-17-27(2,3)23-14-16-25(22-13-15-24(28)18-22)26(19-23)29-20-21-11-8-7-9-12-21/h7-9,11-12,14,16,19,22,24,28H,4-6,10,13,15,17-18,20H2,1-3H3. The van der Waals surface area contributed by atoms with E-state index in [4.69, 9.17) is 4.74 Å². The molecule has 2 aromatic rings. The minimum atomic E-state index is -0.170. The molecule has 2 atom stereocenters. The summed E-state index contributed by atoms with van der Waals surface area (Å²) in [5.41, 5.74) is 3.96. The number of hydrogen-bond acceptors (Lipinski definition) is 2. The first kappa shape index (κ1) is 21.9. The molecule has 0 heterocycles. The fourth-order valence-corrected chi connectivity index (χ4v) is 4.53. The van der Waals surface area contributed by atoms with E-state index in [2.05, 4.69) is 63.2 Å². The molecule has 158 valence electrons. The highest BCUT2D eigenvalue weighted by Gasteiger charge is 2.28. The first-order valence-electron chi connectivity index (χ1n) is 11.5. The summed E-state index contributed by atoms with van der Waals surface area (Å²) in [4.78, 5) is 0. The summed E-state index contributed by atoms with van der Waals surface area (Å²) in [6.45, 7) is 7.56. The Morgan fingerprint density at radius 3 is 2.48 bits per heavy atom. The average molecular weight is 395 g/mol. The monoisotopic (exact) mass is 394 g/mol. The summed E-state index contributed by atoms with van der Waals surface area (Å²) in [7, 11) is 0. The lowest BCUT2D eigenvalue weighted by Gasteiger charge is -2.27. The minimum absolute atomic E-state index is 0.145. The molecule has 0 amide bonds. The van der Waals surface area contributed by atoms with Crippen molar-refractivity contribution in [2.75, 3.05) is 0 Å². The molecule has 0 aliphatic heterocycles. The normalized spacial score (nSPS) is 19.4. The van der Waals surface area contributed by atoms with Crippen molar-refractivity contribution in [1.29, 1.82) is 0 Å². The molecule has 0 aromatic heterocycles. The van der Waals surface area contributed by atoms with E-state index in [-0.39, 0.29) is 11.5 Å². The van der Waals surface area contributed by atoms with Crippen LogP contribution in [0.2, 0.25) is 0 Å². The fourth-order valence-electron chi connectivity index (χ4n) is 4.53. The molecule has 3 rings (SSSR count). The van der Waals surface area contributed by atoms with Gasteiger partial charge in [0.2, 0.25) is 0 Å². The van der Waals surface area contributed by atoms with Crippen LogP contribution in [-0.2, 0) is 12.0 Å². The van der Waals surface area contributed by atoms with Gasteiger partial charge in [-0.25, -0.2) is 0 Å². The fraction of sp³-hybridized carbons (Fsp3) is 0.556. The van der Waals surface area contributed by atoms with Gasteiger partial charge in [0, 0.05) is 0 Å². The quantitative estimate of drug-likeness (QED) is 0.434. The van der Waals surface area contributed by atoms with E-state index >= 15 is 0 Å². The highest BCUT2D eigenvalue weighted by atomic mass is 16.5. The van der Waals surface area contributed by atoms with Crippen LogP contribution >= 0.6 is 0 Å². The molecular weight excluding hydrogens is 356 g/mol. The van der Waals surface area contributed by atoms with Crippen LogP contribution in [0.4, 0.5) is 0 Å². The second kappa shape index (κ2) is 10.3. The van der Waals surface area contributed by atoms with E-state index in [9.17, 15) is 5.11 Å². The van der Waals surface area contributed by atoms with Crippen molar-refractivity contribution in [3.8, 4) is 5.75 Å². The Balaban J connectivity index is 1.79. The number of benzene rings is 2. The van der Waals surface area contributed by atoms with E-state index in [1.165, 1.54) is 48.8 Å². The zero-order valence-electron chi connectivity index (χ0n) is 18.5. The first-order valence-corrected chi connectivity index (χ1v) is 11.5. The third-order valence-electron chi connectivity index (χ3n) is 6.53. The molecule has 2 heteroatoms. The van der Waals surface area contributed by atoms with Crippen LogP contribution < -0.4 is 4.74 Å². The van der Waals surface area contributed by atoms with Crippen LogP contribution in [0, 0.1) is 0 Å². The van der Waals surface area contributed by atoms with Gasteiger partial charge in [0.25, 0.3) is 0 Å². The zero-order chi connectivity index (χ0) is 20.7. The van der Waals surface area contributed by atoms with Crippen LogP contribution in [0.5, 0.6) is 5.75 Å². The summed E-state index contributed by atoms with van der Waals surface area (Å²) >= 11 is 0. The molecule has 1 aliphatic rings. The van der Waals surface area contributed by atoms with Gasteiger partial charge in [0.1, 0.15) is 12.4 Å². The second-order valence-corrected chi connectivity index (χ2v) is 9.39. The Bertz CT molecular complexity index is 750. The van der Waals surface area contributed by atoms with Gasteiger partial charge in [0.15, 0.2) is 0 Å². The minimum Gasteiger partial charge on any atom is -0.489 e. The number of ether oxygens (including phenoxy) is 1. The van der Waals surface area contributed by atoms with E-state index in [1.54, 1.807) is 0 Å². The third kappa shape index (κ3) is 6.09. The Morgan fingerprint density at radius 1 is 1.00 bits per heavy atom. The number of aliphatic hydroxyl groups is 1. The van der Waals surface area contributed by atoms with E-state index in [1.807, 2.05) is 6.07 Å². The smallest absolute Gasteiger partial charge is 0.123 e. The first-order chi connectivity index (χ1) is 14.0. The maximum absolute atomic E-state index is 10.0. The molecule has 0 bridgehead atoms. The number of rotatable bonds is 10. The molecule has 1 fully saturated rings. The molecule has 29 heavy (non-hydrogen) atoms. The number of hydrogen-bond donors (Lipinski definition) is 1. The molecule has 1 N–H and O–H groups in total.